The molecule has 1 aromatic carbocycles. The van der Waals surface area contributed by atoms with Gasteiger partial charge in [-0.25, -0.2) is 0 Å². The third kappa shape index (κ3) is 4.31. The van der Waals surface area contributed by atoms with Crippen LogP contribution in [0, 0.1) is 0 Å². The zero-order valence-corrected chi connectivity index (χ0v) is 10.9. The standard InChI is InChI=1S/C14H20N2O3/c17-10-12-4-2-1-3-11(12)8-16-14(18)7-13-9-15-5-6-19-13/h1-4,13,15,17H,5-10H2,(H,16,18). The Balaban J connectivity index is 1.79. The highest BCUT2D eigenvalue weighted by atomic mass is 16.5. The van der Waals surface area contributed by atoms with Crippen LogP contribution in [0.5, 0.6) is 0 Å². The third-order valence-electron chi connectivity index (χ3n) is 3.18. The molecule has 104 valence electrons. The summed E-state index contributed by atoms with van der Waals surface area (Å²) in [5.74, 6) is -0.0264. The van der Waals surface area contributed by atoms with Crippen molar-refractivity contribution >= 4 is 5.91 Å². The Morgan fingerprint density at radius 2 is 2.21 bits per heavy atom. The van der Waals surface area contributed by atoms with Crippen LogP contribution in [0.15, 0.2) is 24.3 Å². The molecule has 1 saturated heterocycles. The number of nitrogens with one attached hydrogen (secondary N) is 2. The lowest BCUT2D eigenvalue weighted by molar-refractivity contribution is -0.124. The lowest BCUT2D eigenvalue weighted by Gasteiger charge is -2.23. The third-order valence-corrected chi connectivity index (χ3v) is 3.18. The maximum Gasteiger partial charge on any atom is 0.222 e. The van der Waals surface area contributed by atoms with E-state index in [0.717, 1.165) is 24.2 Å². The Morgan fingerprint density at radius 3 is 2.89 bits per heavy atom. The fourth-order valence-electron chi connectivity index (χ4n) is 2.11. The predicted molar refractivity (Wildman–Crippen MR) is 71.4 cm³/mol. The van der Waals surface area contributed by atoms with E-state index in [2.05, 4.69) is 10.6 Å². The number of carbonyl (C=O) groups excluding carboxylic acids is 1. The van der Waals surface area contributed by atoms with Crippen LogP contribution in [0.25, 0.3) is 0 Å². The van der Waals surface area contributed by atoms with Crippen LogP contribution in [-0.2, 0) is 22.7 Å². The van der Waals surface area contributed by atoms with Gasteiger partial charge in [-0.3, -0.25) is 4.79 Å². The Kier molecular flexibility index (Phi) is 5.32. The second-order valence-corrected chi connectivity index (χ2v) is 4.60. The van der Waals surface area contributed by atoms with Gasteiger partial charge >= 0.3 is 0 Å². The first kappa shape index (κ1) is 14.0. The van der Waals surface area contributed by atoms with Gasteiger partial charge in [0, 0.05) is 19.6 Å². The molecule has 3 N–H and O–H groups in total. The molecule has 2 rings (SSSR count). The van der Waals surface area contributed by atoms with E-state index in [1.807, 2.05) is 24.3 Å². The van der Waals surface area contributed by atoms with E-state index in [4.69, 9.17) is 4.74 Å². The summed E-state index contributed by atoms with van der Waals surface area (Å²) in [5.41, 5.74) is 1.79. The summed E-state index contributed by atoms with van der Waals surface area (Å²) >= 11 is 0. The monoisotopic (exact) mass is 264 g/mol. The van der Waals surface area contributed by atoms with Gasteiger partial charge in [-0.1, -0.05) is 24.3 Å². The quantitative estimate of drug-likeness (QED) is 0.709. The second kappa shape index (κ2) is 7.23. The van der Waals surface area contributed by atoms with Gasteiger partial charge in [-0.15, -0.1) is 0 Å². The lowest BCUT2D eigenvalue weighted by Crippen LogP contribution is -2.41. The molecule has 1 aromatic rings. The molecule has 1 amide bonds. The highest BCUT2D eigenvalue weighted by molar-refractivity contribution is 5.76. The number of hydrogen-bond donors (Lipinski definition) is 3. The highest BCUT2D eigenvalue weighted by Crippen LogP contribution is 2.08. The summed E-state index contributed by atoms with van der Waals surface area (Å²) in [4.78, 5) is 11.8. The van der Waals surface area contributed by atoms with Gasteiger partial charge < -0.3 is 20.5 Å². The minimum absolute atomic E-state index is 0.0122. The number of morpholine rings is 1. The number of amides is 1. The number of rotatable bonds is 5. The van der Waals surface area contributed by atoms with E-state index in [-0.39, 0.29) is 18.6 Å². The Labute approximate surface area is 113 Å². The Hall–Kier alpha value is -1.43. The van der Waals surface area contributed by atoms with E-state index < -0.39 is 0 Å². The molecule has 5 heteroatoms. The highest BCUT2D eigenvalue weighted by Gasteiger charge is 2.17. The smallest absolute Gasteiger partial charge is 0.222 e. The van der Waals surface area contributed by atoms with Crippen molar-refractivity contribution in [1.29, 1.82) is 0 Å². The molecule has 1 heterocycles. The first-order chi connectivity index (χ1) is 9.29. The van der Waals surface area contributed by atoms with Gasteiger partial charge in [0.25, 0.3) is 0 Å². The number of hydrogen-bond acceptors (Lipinski definition) is 4. The minimum atomic E-state index is -0.0400. The molecule has 1 fully saturated rings. The number of carbonyl (C=O) groups is 1. The predicted octanol–water partition coefficient (Wildman–Crippen LogP) is 0.174. The second-order valence-electron chi connectivity index (χ2n) is 4.60. The van der Waals surface area contributed by atoms with Crippen molar-refractivity contribution in [1.82, 2.24) is 10.6 Å². The maximum absolute atomic E-state index is 11.8. The average molecular weight is 264 g/mol. The van der Waals surface area contributed by atoms with E-state index in [1.165, 1.54) is 0 Å². The van der Waals surface area contributed by atoms with Crippen molar-refractivity contribution in [3.05, 3.63) is 35.4 Å². The average Bonchev–Trinajstić information content (AvgIpc) is 2.46. The van der Waals surface area contributed by atoms with E-state index in [9.17, 15) is 9.90 Å². The molecule has 1 atom stereocenters. The molecule has 0 aromatic heterocycles. The van der Waals surface area contributed by atoms with Crippen LogP contribution in [0.3, 0.4) is 0 Å². The lowest BCUT2D eigenvalue weighted by atomic mass is 10.1. The summed E-state index contributed by atoms with van der Waals surface area (Å²) in [7, 11) is 0. The van der Waals surface area contributed by atoms with Crippen molar-refractivity contribution in [2.24, 2.45) is 0 Å². The molecule has 0 radical (unpaired) electrons. The topological polar surface area (TPSA) is 70.6 Å². The van der Waals surface area contributed by atoms with Crippen LogP contribution in [0.4, 0.5) is 0 Å². The van der Waals surface area contributed by atoms with Gasteiger partial charge in [-0.05, 0) is 11.1 Å². The largest absolute Gasteiger partial charge is 0.392 e. The molecule has 1 unspecified atom stereocenters. The van der Waals surface area contributed by atoms with Crippen LogP contribution in [0.2, 0.25) is 0 Å². The van der Waals surface area contributed by atoms with Gasteiger partial charge in [0.1, 0.15) is 0 Å². The zero-order valence-electron chi connectivity index (χ0n) is 10.9. The molecule has 1 aliphatic rings. The minimum Gasteiger partial charge on any atom is -0.392 e. The Bertz CT molecular complexity index is 417. The van der Waals surface area contributed by atoms with Gasteiger partial charge in [0.15, 0.2) is 0 Å². The van der Waals surface area contributed by atoms with Crippen LogP contribution >= 0.6 is 0 Å². The van der Waals surface area contributed by atoms with Crippen molar-refractivity contribution in [2.45, 2.75) is 25.7 Å². The van der Waals surface area contributed by atoms with Crippen molar-refractivity contribution in [3.63, 3.8) is 0 Å². The van der Waals surface area contributed by atoms with Gasteiger partial charge in [0.05, 0.1) is 25.7 Å². The molecule has 0 aliphatic carbocycles. The van der Waals surface area contributed by atoms with Gasteiger partial charge in [-0.2, -0.15) is 0 Å². The number of aliphatic hydroxyl groups is 1. The first-order valence-electron chi connectivity index (χ1n) is 6.56. The van der Waals surface area contributed by atoms with Crippen LogP contribution in [-0.4, -0.2) is 36.8 Å². The number of aliphatic hydroxyl groups excluding tert-OH is 1. The van der Waals surface area contributed by atoms with E-state index in [0.29, 0.717) is 19.6 Å². The number of ether oxygens (including phenoxy) is 1. The van der Waals surface area contributed by atoms with Crippen molar-refractivity contribution in [2.75, 3.05) is 19.7 Å². The summed E-state index contributed by atoms with van der Waals surface area (Å²) in [6.07, 6.45) is 0.329. The van der Waals surface area contributed by atoms with Crippen LogP contribution < -0.4 is 10.6 Å². The zero-order chi connectivity index (χ0) is 13.5. The normalized spacial score (nSPS) is 19.1. The SMILES string of the molecule is O=C(CC1CNCCO1)NCc1ccccc1CO. The fourth-order valence-corrected chi connectivity index (χ4v) is 2.11. The van der Waals surface area contributed by atoms with Crippen molar-refractivity contribution in [3.8, 4) is 0 Å². The summed E-state index contributed by atoms with van der Waals surface area (Å²) in [6.45, 7) is 2.66. The number of benzene rings is 1. The molecule has 0 bridgehead atoms. The summed E-state index contributed by atoms with van der Waals surface area (Å²) in [5, 5.41) is 15.3. The summed E-state index contributed by atoms with van der Waals surface area (Å²) < 4.78 is 5.48. The molecule has 1 aliphatic heterocycles. The molecule has 0 spiro atoms. The summed E-state index contributed by atoms with van der Waals surface area (Å²) in [6, 6.07) is 7.54. The fraction of sp³-hybridized carbons (Fsp3) is 0.500. The molecular weight excluding hydrogens is 244 g/mol. The van der Waals surface area contributed by atoms with Crippen LogP contribution in [0.1, 0.15) is 17.5 Å². The molecule has 0 saturated carbocycles. The first-order valence-corrected chi connectivity index (χ1v) is 6.56. The van der Waals surface area contributed by atoms with E-state index >= 15 is 0 Å². The van der Waals surface area contributed by atoms with Gasteiger partial charge in [0.2, 0.25) is 5.91 Å². The Morgan fingerprint density at radius 1 is 1.42 bits per heavy atom. The van der Waals surface area contributed by atoms with E-state index in [1.54, 1.807) is 0 Å². The molecule has 19 heavy (non-hydrogen) atoms. The van der Waals surface area contributed by atoms with Crippen molar-refractivity contribution < 1.29 is 14.6 Å². The molecular formula is C14H20N2O3. The molecule has 5 nitrogen and oxygen atoms in total. The maximum atomic E-state index is 11.8.